The van der Waals surface area contributed by atoms with Gasteiger partial charge in [-0.1, -0.05) is 50.9 Å². The first-order chi connectivity index (χ1) is 10.9. The average Bonchev–Trinajstić information content (AvgIpc) is 2.91. The fourth-order valence-electron chi connectivity index (χ4n) is 2.40. The zero-order valence-electron chi connectivity index (χ0n) is 14.2. The molecule has 0 fully saturated rings. The van der Waals surface area contributed by atoms with Gasteiger partial charge in [-0.05, 0) is 29.5 Å². The van der Waals surface area contributed by atoms with Crippen LogP contribution in [0.3, 0.4) is 0 Å². The fraction of sp³-hybridized carbons (Fsp3) is 0.444. The molecule has 2 rings (SSSR count). The van der Waals surface area contributed by atoms with Gasteiger partial charge in [0.15, 0.2) is 11.5 Å². The molecule has 0 saturated heterocycles. The Bertz CT molecular complexity index is 645. The van der Waals surface area contributed by atoms with Gasteiger partial charge in [0.1, 0.15) is 6.20 Å². The molecule has 0 spiro atoms. The van der Waals surface area contributed by atoms with Gasteiger partial charge in [0.05, 0.1) is 0 Å². The Morgan fingerprint density at radius 1 is 1.30 bits per heavy atom. The van der Waals surface area contributed by atoms with E-state index in [9.17, 15) is 4.79 Å². The van der Waals surface area contributed by atoms with Crippen LogP contribution < -0.4 is 10.1 Å². The molecule has 1 aromatic heterocycles. The van der Waals surface area contributed by atoms with Gasteiger partial charge in [0, 0.05) is 12.6 Å². The van der Waals surface area contributed by atoms with Crippen LogP contribution in [0.25, 0.3) is 0 Å². The van der Waals surface area contributed by atoms with Crippen molar-refractivity contribution in [3.8, 4) is 5.75 Å². The monoisotopic (exact) mass is 316 g/mol. The van der Waals surface area contributed by atoms with Gasteiger partial charge in [-0.15, -0.1) is 0 Å². The fourth-order valence-corrected chi connectivity index (χ4v) is 2.40. The predicted molar refractivity (Wildman–Crippen MR) is 89.9 cm³/mol. The summed E-state index contributed by atoms with van der Waals surface area (Å²) in [6, 6.07) is 7.89. The highest BCUT2D eigenvalue weighted by molar-refractivity contribution is 5.86. The molecule has 0 aliphatic carbocycles. The molecule has 5 heteroatoms. The van der Waals surface area contributed by atoms with Crippen LogP contribution in [0.2, 0.25) is 0 Å². The van der Waals surface area contributed by atoms with E-state index in [2.05, 4.69) is 43.4 Å². The first-order valence-corrected chi connectivity index (χ1v) is 7.93. The number of hydrogen-bond donors (Lipinski definition) is 1. The summed E-state index contributed by atoms with van der Waals surface area (Å²) in [5.74, 6) is 0.785. The minimum Gasteiger partial charge on any atom is -0.405 e. The number of anilines is 1. The van der Waals surface area contributed by atoms with Gasteiger partial charge in [-0.3, -0.25) is 5.32 Å². The van der Waals surface area contributed by atoms with Gasteiger partial charge >= 0.3 is 6.09 Å². The number of aryl methyl sites for hydroxylation is 1. The van der Waals surface area contributed by atoms with Gasteiger partial charge in [-0.25, -0.2) is 4.79 Å². The van der Waals surface area contributed by atoms with Gasteiger partial charge in [0.2, 0.25) is 0 Å². The molecule has 124 valence electrons. The molecule has 0 bridgehead atoms. The molecule has 1 aromatic carbocycles. The Labute approximate surface area is 137 Å². The highest BCUT2D eigenvalue weighted by atomic mass is 16.6. The Kier molecular flexibility index (Phi) is 5.42. The third-order valence-corrected chi connectivity index (χ3v) is 3.98. The molecule has 0 saturated carbocycles. The number of nitrogens with zero attached hydrogens (tertiary/aromatic N) is 1. The average molecular weight is 316 g/mol. The summed E-state index contributed by atoms with van der Waals surface area (Å²) in [5, 5.41) is 6.26. The molecule has 5 nitrogen and oxygen atoms in total. The van der Waals surface area contributed by atoms with Crippen molar-refractivity contribution in [2.45, 2.75) is 52.4 Å². The molecule has 23 heavy (non-hydrogen) atoms. The normalized spacial score (nSPS) is 11.3. The van der Waals surface area contributed by atoms with E-state index in [0.29, 0.717) is 17.2 Å². The number of amides is 1. The lowest BCUT2D eigenvalue weighted by Crippen LogP contribution is -2.18. The Balaban J connectivity index is 1.97. The van der Waals surface area contributed by atoms with Crippen LogP contribution in [0.1, 0.15) is 51.4 Å². The second kappa shape index (κ2) is 7.31. The summed E-state index contributed by atoms with van der Waals surface area (Å²) in [6.45, 7) is 8.37. The zero-order valence-corrected chi connectivity index (χ0v) is 14.2. The van der Waals surface area contributed by atoms with Crippen LogP contribution in [0.15, 0.2) is 35.0 Å². The number of hydrogen-bond acceptors (Lipinski definition) is 4. The number of benzene rings is 1. The Morgan fingerprint density at radius 2 is 2.00 bits per heavy atom. The Morgan fingerprint density at radius 3 is 2.57 bits per heavy atom. The van der Waals surface area contributed by atoms with Crippen LogP contribution in [-0.2, 0) is 5.41 Å². The first kappa shape index (κ1) is 17.1. The third-order valence-electron chi connectivity index (χ3n) is 3.98. The lowest BCUT2D eigenvalue weighted by molar-refractivity contribution is 0.214. The van der Waals surface area contributed by atoms with Crippen molar-refractivity contribution in [2.24, 2.45) is 0 Å². The van der Waals surface area contributed by atoms with Crippen molar-refractivity contribution in [2.75, 3.05) is 5.32 Å². The summed E-state index contributed by atoms with van der Waals surface area (Å²) < 4.78 is 9.98. The zero-order chi connectivity index (χ0) is 16.9. The molecular formula is C18H24N2O3. The summed E-state index contributed by atoms with van der Waals surface area (Å²) in [5.41, 5.74) is 2.09. The Hall–Kier alpha value is -2.30. The molecule has 0 aliphatic heterocycles. The first-order valence-electron chi connectivity index (χ1n) is 7.93. The molecular weight excluding hydrogens is 292 g/mol. The molecule has 1 amide bonds. The van der Waals surface area contributed by atoms with Gasteiger partial charge < -0.3 is 9.26 Å². The van der Waals surface area contributed by atoms with Crippen LogP contribution in [-0.4, -0.2) is 11.2 Å². The summed E-state index contributed by atoms with van der Waals surface area (Å²) >= 11 is 0. The standard InChI is InChI=1S/C18H24N2O3/c1-5-6-11-18(3,4)14-7-9-15(10-8-14)20-17(21)22-16-12-19-23-13(16)2/h7-10,12H,5-6,11H2,1-4H3,(H,20,21). The van der Waals surface area contributed by atoms with E-state index >= 15 is 0 Å². The largest absolute Gasteiger partial charge is 0.417 e. The molecule has 0 aliphatic rings. The van der Waals surface area contributed by atoms with Crippen LogP contribution in [0, 0.1) is 6.92 Å². The van der Waals surface area contributed by atoms with Crippen LogP contribution in [0.5, 0.6) is 5.75 Å². The number of unbranched alkanes of at least 4 members (excludes halogenated alkanes) is 1. The van der Waals surface area contributed by atoms with Crippen molar-refractivity contribution in [1.29, 1.82) is 0 Å². The smallest absolute Gasteiger partial charge is 0.405 e. The third kappa shape index (κ3) is 4.58. The summed E-state index contributed by atoms with van der Waals surface area (Å²) in [6.07, 6.45) is 4.35. The second-order valence-electron chi connectivity index (χ2n) is 6.33. The molecule has 1 N–H and O–H groups in total. The topological polar surface area (TPSA) is 64.4 Å². The van der Waals surface area contributed by atoms with E-state index in [1.54, 1.807) is 6.92 Å². The highest BCUT2D eigenvalue weighted by Crippen LogP contribution is 2.29. The van der Waals surface area contributed by atoms with E-state index in [4.69, 9.17) is 9.26 Å². The molecule has 2 aromatic rings. The van der Waals surface area contributed by atoms with Crippen molar-refractivity contribution < 1.29 is 14.1 Å². The minimum atomic E-state index is -0.561. The lowest BCUT2D eigenvalue weighted by atomic mass is 9.80. The van der Waals surface area contributed by atoms with Crippen LogP contribution >= 0.6 is 0 Å². The predicted octanol–water partition coefficient (Wildman–Crippen LogP) is 5.06. The number of carbonyl (C=O) groups is 1. The maximum atomic E-state index is 11.9. The van der Waals surface area contributed by atoms with Crippen molar-refractivity contribution in [3.63, 3.8) is 0 Å². The van der Waals surface area contributed by atoms with E-state index < -0.39 is 6.09 Å². The van der Waals surface area contributed by atoms with Gasteiger partial charge in [0.25, 0.3) is 0 Å². The summed E-state index contributed by atoms with van der Waals surface area (Å²) in [4.78, 5) is 11.9. The molecule has 0 unspecified atom stereocenters. The quantitative estimate of drug-likeness (QED) is 0.809. The minimum absolute atomic E-state index is 0.134. The highest BCUT2D eigenvalue weighted by Gasteiger charge is 2.19. The lowest BCUT2D eigenvalue weighted by Gasteiger charge is -2.25. The van der Waals surface area contributed by atoms with E-state index in [0.717, 1.165) is 6.42 Å². The molecule has 0 radical (unpaired) electrons. The van der Waals surface area contributed by atoms with Crippen molar-refractivity contribution >= 4 is 11.8 Å². The summed E-state index contributed by atoms with van der Waals surface area (Å²) in [7, 11) is 0. The van der Waals surface area contributed by atoms with E-state index in [1.165, 1.54) is 24.6 Å². The van der Waals surface area contributed by atoms with Crippen molar-refractivity contribution in [1.82, 2.24) is 5.16 Å². The second-order valence-corrected chi connectivity index (χ2v) is 6.33. The van der Waals surface area contributed by atoms with Crippen LogP contribution in [0.4, 0.5) is 10.5 Å². The molecule has 1 heterocycles. The van der Waals surface area contributed by atoms with E-state index in [-0.39, 0.29) is 5.41 Å². The maximum Gasteiger partial charge on any atom is 0.417 e. The van der Waals surface area contributed by atoms with E-state index in [1.807, 2.05) is 12.1 Å². The van der Waals surface area contributed by atoms with Crippen molar-refractivity contribution in [3.05, 3.63) is 41.8 Å². The number of aromatic nitrogens is 1. The number of nitrogens with one attached hydrogen (secondary N) is 1. The number of carbonyl (C=O) groups excluding carboxylic acids is 1. The molecule has 0 atom stereocenters. The number of ether oxygens (including phenoxy) is 1. The SMILES string of the molecule is CCCCC(C)(C)c1ccc(NC(=O)Oc2cnoc2C)cc1. The number of rotatable bonds is 6. The maximum absolute atomic E-state index is 11.9. The van der Waals surface area contributed by atoms with Gasteiger partial charge in [-0.2, -0.15) is 0 Å².